The van der Waals surface area contributed by atoms with Gasteiger partial charge in [0.05, 0.1) is 6.42 Å². The van der Waals surface area contributed by atoms with Crippen molar-refractivity contribution in [2.45, 2.75) is 33.6 Å². The highest BCUT2D eigenvalue weighted by atomic mass is 33.1. The maximum atomic E-state index is 11.7. The van der Waals surface area contributed by atoms with E-state index in [1.54, 1.807) is 10.8 Å². The third-order valence-corrected chi connectivity index (χ3v) is 4.65. The lowest BCUT2D eigenvalue weighted by molar-refractivity contribution is -0.136. The van der Waals surface area contributed by atoms with E-state index in [4.69, 9.17) is 5.11 Å². The molecule has 1 atom stereocenters. The summed E-state index contributed by atoms with van der Waals surface area (Å²) in [4.78, 5) is 21.9. The topological polar surface area (TPSA) is 66.4 Å². The van der Waals surface area contributed by atoms with Crippen LogP contribution in [-0.2, 0) is 9.59 Å². The van der Waals surface area contributed by atoms with Crippen molar-refractivity contribution in [2.75, 3.05) is 18.1 Å². The van der Waals surface area contributed by atoms with Crippen molar-refractivity contribution in [3.8, 4) is 0 Å². The van der Waals surface area contributed by atoms with Gasteiger partial charge in [0.25, 0.3) is 0 Å². The molecule has 0 radical (unpaired) electrons. The van der Waals surface area contributed by atoms with Crippen LogP contribution in [0.2, 0.25) is 0 Å². The smallest absolute Gasteiger partial charge is 0.304 e. The van der Waals surface area contributed by atoms with Gasteiger partial charge in [0.1, 0.15) is 0 Å². The molecule has 18 heavy (non-hydrogen) atoms. The van der Waals surface area contributed by atoms with Crippen LogP contribution < -0.4 is 5.32 Å². The summed E-state index contributed by atoms with van der Waals surface area (Å²) in [7, 11) is 3.14. The van der Waals surface area contributed by atoms with Crippen LogP contribution in [0.3, 0.4) is 0 Å². The van der Waals surface area contributed by atoms with Crippen LogP contribution in [0.15, 0.2) is 0 Å². The van der Waals surface area contributed by atoms with Gasteiger partial charge in [0.15, 0.2) is 0 Å². The highest BCUT2D eigenvalue weighted by Crippen LogP contribution is 2.21. The second-order valence-electron chi connectivity index (χ2n) is 4.61. The Bertz CT molecular complexity index is 260. The lowest BCUT2D eigenvalue weighted by Gasteiger charge is -2.13. The monoisotopic (exact) mass is 293 g/mol. The number of carbonyl (C=O) groups is 2. The van der Waals surface area contributed by atoms with Crippen LogP contribution in [0.5, 0.6) is 0 Å². The third-order valence-electron chi connectivity index (χ3n) is 2.24. The quantitative estimate of drug-likeness (QED) is 0.479. The summed E-state index contributed by atoms with van der Waals surface area (Å²) in [6.07, 6.45) is 1.10. The van der Waals surface area contributed by atoms with Crippen LogP contribution in [-0.4, -0.2) is 35.0 Å². The van der Waals surface area contributed by atoms with Gasteiger partial charge in [0.2, 0.25) is 5.91 Å². The number of hydrogen-bond acceptors (Lipinski definition) is 4. The number of carboxylic acid groups (broad SMARTS) is 1. The van der Waals surface area contributed by atoms with E-state index >= 15 is 0 Å². The summed E-state index contributed by atoms with van der Waals surface area (Å²) in [6, 6.07) is 0. The minimum atomic E-state index is -0.765. The molecule has 0 heterocycles. The SMILES string of the molecule is CC(C)CC(C)C(=O)NCCSSCCC(=O)O. The molecule has 106 valence electrons. The summed E-state index contributed by atoms with van der Waals surface area (Å²) in [6.45, 7) is 6.81. The van der Waals surface area contributed by atoms with E-state index in [0.29, 0.717) is 18.2 Å². The number of aliphatic carboxylic acids is 1. The van der Waals surface area contributed by atoms with Gasteiger partial charge in [-0.05, 0) is 12.3 Å². The van der Waals surface area contributed by atoms with Crippen LogP contribution in [0, 0.1) is 11.8 Å². The number of carboxylic acids is 1. The molecular formula is C12H23NO3S2. The van der Waals surface area contributed by atoms with E-state index in [1.807, 2.05) is 6.92 Å². The molecule has 0 aromatic carbocycles. The predicted octanol–water partition coefficient (Wildman–Crippen LogP) is 2.64. The van der Waals surface area contributed by atoms with Crippen molar-refractivity contribution in [3.05, 3.63) is 0 Å². The third kappa shape index (κ3) is 10.8. The molecule has 4 nitrogen and oxygen atoms in total. The molecule has 2 N–H and O–H groups in total. The number of amides is 1. The molecule has 0 rings (SSSR count). The standard InChI is InChI=1S/C12H23NO3S2/c1-9(2)8-10(3)12(16)13-5-7-18-17-6-4-11(14)15/h9-10H,4-8H2,1-3H3,(H,13,16)(H,14,15). The summed E-state index contributed by atoms with van der Waals surface area (Å²) in [5.74, 6) is 1.36. The number of nitrogens with one attached hydrogen (secondary N) is 1. The fourth-order valence-electron chi connectivity index (χ4n) is 1.45. The van der Waals surface area contributed by atoms with Crippen LogP contribution in [0.1, 0.15) is 33.6 Å². The first-order chi connectivity index (χ1) is 8.43. The van der Waals surface area contributed by atoms with Crippen molar-refractivity contribution in [1.29, 1.82) is 0 Å². The maximum absolute atomic E-state index is 11.7. The number of hydrogen-bond donors (Lipinski definition) is 2. The van der Waals surface area contributed by atoms with Gasteiger partial charge in [0, 0.05) is 24.0 Å². The molecular weight excluding hydrogens is 270 g/mol. The van der Waals surface area contributed by atoms with E-state index in [-0.39, 0.29) is 18.2 Å². The molecule has 0 aromatic heterocycles. The molecule has 0 fully saturated rings. The van der Waals surface area contributed by atoms with E-state index in [9.17, 15) is 9.59 Å². The lowest BCUT2D eigenvalue weighted by atomic mass is 9.98. The van der Waals surface area contributed by atoms with E-state index < -0.39 is 5.97 Å². The molecule has 0 aliphatic rings. The van der Waals surface area contributed by atoms with Crippen LogP contribution in [0.4, 0.5) is 0 Å². The molecule has 0 saturated heterocycles. The summed E-state index contributed by atoms with van der Waals surface area (Å²) < 4.78 is 0. The van der Waals surface area contributed by atoms with E-state index in [1.165, 1.54) is 10.8 Å². The molecule has 0 aliphatic carbocycles. The first-order valence-electron chi connectivity index (χ1n) is 6.17. The largest absolute Gasteiger partial charge is 0.481 e. The Morgan fingerprint density at radius 1 is 1.17 bits per heavy atom. The zero-order valence-corrected chi connectivity index (χ0v) is 12.9. The van der Waals surface area contributed by atoms with E-state index in [0.717, 1.165) is 12.2 Å². The predicted molar refractivity (Wildman–Crippen MR) is 78.8 cm³/mol. The maximum Gasteiger partial charge on any atom is 0.304 e. The fourth-order valence-corrected chi connectivity index (χ4v) is 3.34. The lowest BCUT2D eigenvalue weighted by Crippen LogP contribution is -2.31. The Balaban J connectivity index is 3.43. The summed E-state index contributed by atoms with van der Waals surface area (Å²) in [5, 5.41) is 11.3. The molecule has 0 aliphatic heterocycles. The average molecular weight is 293 g/mol. The van der Waals surface area contributed by atoms with Crippen molar-refractivity contribution in [3.63, 3.8) is 0 Å². The Kier molecular flexibility index (Phi) is 10.3. The average Bonchev–Trinajstić information content (AvgIpc) is 2.26. The molecule has 0 spiro atoms. The van der Waals surface area contributed by atoms with Crippen molar-refractivity contribution >= 4 is 33.5 Å². The first kappa shape index (κ1) is 17.6. The first-order valence-corrected chi connectivity index (χ1v) is 8.66. The Morgan fingerprint density at radius 3 is 2.33 bits per heavy atom. The molecule has 0 saturated carbocycles. The number of rotatable bonds is 10. The van der Waals surface area contributed by atoms with Gasteiger partial charge in [-0.2, -0.15) is 0 Å². The molecule has 0 bridgehead atoms. The van der Waals surface area contributed by atoms with Gasteiger partial charge in [-0.1, -0.05) is 42.4 Å². The van der Waals surface area contributed by atoms with E-state index in [2.05, 4.69) is 19.2 Å². The Morgan fingerprint density at radius 2 is 1.78 bits per heavy atom. The summed E-state index contributed by atoms with van der Waals surface area (Å²) in [5.41, 5.74) is 0. The minimum Gasteiger partial charge on any atom is -0.481 e. The molecule has 6 heteroatoms. The highest BCUT2D eigenvalue weighted by molar-refractivity contribution is 8.76. The van der Waals surface area contributed by atoms with Crippen molar-refractivity contribution in [1.82, 2.24) is 5.32 Å². The van der Waals surface area contributed by atoms with Gasteiger partial charge in [-0.25, -0.2) is 0 Å². The van der Waals surface area contributed by atoms with Gasteiger partial charge >= 0.3 is 5.97 Å². The van der Waals surface area contributed by atoms with Crippen molar-refractivity contribution in [2.24, 2.45) is 11.8 Å². The van der Waals surface area contributed by atoms with Crippen LogP contribution in [0.25, 0.3) is 0 Å². The Labute approximate surface area is 117 Å². The zero-order valence-electron chi connectivity index (χ0n) is 11.3. The second kappa shape index (κ2) is 10.6. The summed E-state index contributed by atoms with van der Waals surface area (Å²) >= 11 is 0. The van der Waals surface area contributed by atoms with Gasteiger partial charge < -0.3 is 10.4 Å². The van der Waals surface area contributed by atoms with Crippen LogP contribution >= 0.6 is 21.6 Å². The minimum absolute atomic E-state index is 0.0645. The van der Waals surface area contributed by atoms with Gasteiger partial charge in [-0.3, -0.25) is 9.59 Å². The fraction of sp³-hybridized carbons (Fsp3) is 0.833. The second-order valence-corrected chi connectivity index (χ2v) is 7.31. The van der Waals surface area contributed by atoms with Gasteiger partial charge in [-0.15, -0.1) is 0 Å². The normalized spacial score (nSPS) is 12.4. The molecule has 1 unspecified atom stereocenters. The Hall–Kier alpha value is -0.360. The highest BCUT2D eigenvalue weighted by Gasteiger charge is 2.13. The molecule has 0 aromatic rings. The zero-order chi connectivity index (χ0) is 14.0. The van der Waals surface area contributed by atoms with Crippen molar-refractivity contribution < 1.29 is 14.7 Å². The molecule has 1 amide bonds. The number of carbonyl (C=O) groups excluding carboxylic acids is 1.